The number of rotatable bonds is 2. The van der Waals surface area contributed by atoms with Gasteiger partial charge in [0.1, 0.15) is 0 Å². The van der Waals surface area contributed by atoms with Gasteiger partial charge in [0, 0.05) is 4.83 Å². The maximum Gasteiger partial charge on any atom is 0.0120 e. The lowest BCUT2D eigenvalue weighted by molar-refractivity contribution is 0.278. The Morgan fingerprint density at radius 2 is 1.82 bits per heavy atom. The van der Waals surface area contributed by atoms with Gasteiger partial charge in [0.05, 0.1) is 0 Å². The molecule has 0 aromatic heterocycles. The third kappa shape index (κ3) is 3.59. The minimum absolute atomic E-state index is 0.723. The SMILES string of the molecule is CC(Br)CC1CCC(C)CC1. The topological polar surface area (TPSA) is 0 Å². The molecule has 66 valence electrons. The molecule has 1 rings (SSSR count). The van der Waals surface area contributed by atoms with Crippen molar-refractivity contribution in [1.29, 1.82) is 0 Å². The van der Waals surface area contributed by atoms with Gasteiger partial charge in [-0.1, -0.05) is 55.5 Å². The van der Waals surface area contributed by atoms with E-state index in [-0.39, 0.29) is 0 Å². The molecule has 0 aromatic carbocycles. The van der Waals surface area contributed by atoms with Gasteiger partial charge in [-0.25, -0.2) is 0 Å². The van der Waals surface area contributed by atoms with Gasteiger partial charge in [0.15, 0.2) is 0 Å². The van der Waals surface area contributed by atoms with Gasteiger partial charge >= 0.3 is 0 Å². The minimum atomic E-state index is 0.723. The zero-order chi connectivity index (χ0) is 8.27. The van der Waals surface area contributed by atoms with Crippen LogP contribution in [0, 0.1) is 11.8 Å². The highest BCUT2D eigenvalue weighted by Gasteiger charge is 2.18. The Bertz CT molecular complexity index is 101. The molecular formula is C10H19Br. The number of alkyl halides is 1. The summed E-state index contributed by atoms with van der Waals surface area (Å²) in [4.78, 5) is 0.723. The van der Waals surface area contributed by atoms with E-state index in [1.165, 1.54) is 32.1 Å². The highest BCUT2D eigenvalue weighted by atomic mass is 79.9. The van der Waals surface area contributed by atoms with Crippen molar-refractivity contribution in [2.45, 2.75) is 50.8 Å². The maximum atomic E-state index is 3.63. The van der Waals surface area contributed by atoms with Crippen LogP contribution in [0.3, 0.4) is 0 Å². The van der Waals surface area contributed by atoms with Crippen LogP contribution in [-0.2, 0) is 0 Å². The van der Waals surface area contributed by atoms with Crippen molar-refractivity contribution in [2.75, 3.05) is 0 Å². The summed E-state index contributed by atoms with van der Waals surface area (Å²) in [7, 11) is 0. The Hall–Kier alpha value is 0.480. The lowest BCUT2D eigenvalue weighted by Gasteiger charge is -2.26. The highest BCUT2D eigenvalue weighted by molar-refractivity contribution is 9.09. The first-order valence-corrected chi connectivity index (χ1v) is 5.74. The van der Waals surface area contributed by atoms with Crippen molar-refractivity contribution in [1.82, 2.24) is 0 Å². The van der Waals surface area contributed by atoms with Gasteiger partial charge in [-0.15, -0.1) is 0 Å². The fourth-order valence-electron chi connectivity index (χ4n) is 2.02. The zero-order valence-corrected chi connectivity index (χ0v) is 9.23. The second-order valence-electron chi connectivity index (χ2n) is 4.14. The molecule has 0 spiro atoms. The van der Waals surface area contributed by atoms with Gasteiger partial charge in [-0.05, 0) is 18.3 Å². The number of hydrogen-bond donors (Lipinski definition) is 0. The molecule has 1 saturated carbocycles. The maximum absolute atomic E-state index is 3.63. The van der Waals surface area contributed by atoms with Crippen molar-refractivity contribution in [3.63, 3.8) is 0 Å². The van der Waals surface area contributed by atoms with E-state index in [1.54, 1.807) is 0 Å². The third-order valence-electron chi connectivity index (χ3n) is 2.79. The Morgan fingerprint density at radius 1 is 1.27 bits per heavy atom. The molecule has 0 aromatic rings. The van der Waals surface area contributed by atoms with Crippen LogP contribution in [-0.4, -0.2) is 4.83 Å². The van der Waals surface area contributed by atoms with Crippen LogP contribution < -0.4 is 0 Å². The van der Waals surface area contributed by atoms with E-state index >= 15 is 0 Å². The van der Waals surface area contributed by atoms with E-state index in [2.05, 4.69) is 29.8 Å². The number of hydrogen-bond acceptors (Lipinski definition) is 0. The van der Waals surface area contributed by atoms with Gasteiger partial charge < -0.3 is 0 Å². The molecule has 0 nitrogen and oxygen atoms in total. The highest BCUT2D eigenvalue weighted by Crippen LogP contribution is 2.32. The Balaban J connectivity index is 2.17. The summed E-state index contributed by atoms with van der Waals surface area (Å²) in [6.45, 7) is 4.64. The second-order valence-corrected chi connectivity index (χ2v) is 5.71. The van der Waals surface area contributed by atoms with Crippen LogP contribution in [0.2, 0.25) is 0 Å². The quantitative estimate of drug-likeness (QED) is 0.616. The van der Waals surface area contributed by atoms with E-state index in [1.807, 2.05) is 0 Å². The molecule has 0 heterocycles. The standard InChI is InChI=1S/C10H19Br/c1-8-3-5-10(6-4-8)7-9(2)11/h8-10H,3-7H2,1-2H3. The van der Waals surface area contributed by atoms with Crippen LogP contribution in [0.5, 0.6) is 0 Å². The van der Waals surface area contributed by atoms with Crippen LogP contribution in [0.4, 0.5) is 0 Å². The molecule has 1 aliphatic carbocycles. The molecule has 0 radical (unpaired) electrons. The van der Waals surface area contributed by atoms with Crippen LogP contribution in [0.15, 0.2) is 0 Å². The van der Waals surface area contributed by atoms with Crippen LogP contribution in [0.25, 0.3) is 0 Å². The summed E-state index contributed by atoms with van der Waals surface area (Å²) in [5, 5.41) is 0. The molecule has 1 unspecified atom stereocenters. The van der Waals surface area contributed by atoms with Crippen molar-refractivity contribution >= 4 is 15.9 Å². The molecule has 0 amide bonds. The zero-order valence-electron chi connectivity index (χ0n) is 7.65. The molecule has 1 aliphatic rings. The number of halogens is 1. The van der Waals surface area contributed by atoms with Gasteiger partial charge in [0.25, 0.3) is 0 Å². The molecule has 1 fully saturated rings. The summed E-state index contributed by atoms with van der Waals surface area (Å²) in [6.07, 6.45) is 7.25. The molecule has 0 bridgehead atoms. The molecule has 0 saturated heterocycles. The lowest BCUT2D eigenvalue weighted by Crippen LogP contribution is -2.14. The van der Waals surface area contributed by atoms with E-state index in [4.69, 9.17) is 0 Å². The van der Waals surface area contributed by atoms with E-state index in [0.29, 0.717) is 0 Å². The molecular weight excluding hydrogens is 200 g/mol. The monoisotopic (exact) mass is 218 g/mol. The van der Waals surface area contributed by atoms with Crippen molar-refractivity contribution in [3.8, 4) is 0 Å². The molecule has 1 heteroatoms. The molecule has 1 atom stereocenters. The predicted octanol–water partition coefficient (Wildman–Crippen LogP) is 3.99. The van der Waals surface area contributed by atoms with Crippen molar-refractivity contribution in [2.24, 2.45) is 11.8 Å². The average Bonchev–Trinajstić information content (AvgIpc) is 1.93. The van der Waals surface area contributed by atoms with Gasteiger partial charge in [0.2, 0.25) is 0 Å². The first-order chi connectivity index (χ1) is 5.18. The van der Waals surface area contributed by atoms with E-state index in [9.17, 15) is 0 Å². The third-order valence-corrected chi connectivity index (χ3v) is 3.17. The Labute approximate surface area is 78.9 Å². The Kier molecular flexibility index (Phi) is 3.91. The molecule has 0 aliphatic heterocycles. The van der Waals surface area contributed by atoms with Crippen molar-refractivity contribution < 1.29 is 0 Å². The smallest absolute Gasteiger partial charge is 0.0120 e. The fraction of sp³-hybridized carbons (Fsp3) is 1.00. The summed E-state index contributed by atoms with van der Waals surface area (Å²) in [5.41, 5.74) is 0. The second kappa shape index (κ2) is 4.49. The normalized spacial score (nSPS) is 35.2. The van der Waals surface area contributed by atoms with E-state index in [0.717, 1.165) is 16.7 Å². The minimum Gasteiger partial charge on any atom is -0.0894 e. The average molecular weight is 219 g/mol. The van der Waals surface area contributed by atoms with Crippen molar-refractivity contribution in [3.05, 3.63) is 0 Å². The lowest BCUT2D eigenvalue weighted by atomic mass is 9.81. The first-order valence-electron chi connectivity index (χ1n) is 4.82. The van der Waals surface area contributed by atoms with Crippen LogP contribution >= 0.6 is 15.9 Å². The summed E-state index contributed by atoms with van der Waals surface area (Å²) in [5.74, 6) is 2.01. The summed E-state index contributed by atoms with van der Waals surface area (Å²) < 4.78 is 0. The van der Waals surface area contributed by atoms with E-state index < -0.39 is 0 Å². The molecule has 11 heavy (non-hydrogen) atoms. The van der Waals surface area contributed by atoms with Gasteiger partial charge in [-0.3, -0.25) is 0 Å². The fourth-order valence-corrected chi connectivity index (χ4v) is 2.55. The molecule has 0 N–H and O–H groups in total. The Morgan fingerprint density at radius 3 is 2.27 bits per heavy atom. The summed E-state index contributed by atoms with van der Waals surface area (Å²) in [6, 6.07) is 0. The first kappa shape index (κ1) is 9.57. The predicted molar refractivity (Wildman–Crippen MR) is 54.1 cm³/mol. The largest absolute Gasteiger partial charge is 0.0894 e. The van der Waals surface area contributed by atoms with Crippen LogP contribution in [0.1, 0.15) is 46.0 Å². The van der Waals surface area contributed by atoms with Gasteiger partial charge in [-0.2, -0.15) is 0 Å². The summed E-state index contributed by atoms with van der Waals surface area (Å²) >= 11 is 3.63.